The molecule has 8 aromatic rings. The van der Waals surface area contributed by atoms with Crippen molar-refractivity contribution in [3.05, 3.63) is 243 Å². The predicted molar refractivity (Wildman–Crippen MR) is 280 cm³/mol. The predicted octanol–water partition coefficient (Wildman–Crippen LogP) is 16.5. The monoisotopic (exact) mass is 941 g/mol. The Bertz CT molecular complexity index is 2290. The molecule has 8 aromatic heterocycles. The number of carbonyl (C=O) groups is 4. The largest absolute Gasteiger partial charge is 0.472 e. The zero-order chi connectivity index (χ0) is 47.9. The van der Waals surface area contributed by atoms with Gasteiger partial charge in [-0.15, -0.1) is 34.0 Å². The van der Waals surface area contributed by atoms with Crippen molar-refractivity contribution >= 4 is 113 Å². The molecule has 0 aromatic carbocycles. The molecule has 0 amide bonds. The topological polar surface area (TPSA) is 123 Å². The molecular formula is C53H51NO7S4. The number of carbonyl (C=O) groups excluding carboxylic acids is 4. The van der Waals surface area contributed by atoms with Crippen LogP contribution in [0.15, 0.2) is 197 Å². The molecule has 0 bridgehead atoms. The summed E-state index contributed by atoms with van der Waals surface area (Å²) >= 11 is 6.15. The Balaban J connectivity index is 0.000000373. The third-order valence-electron chi connectivity index (χ3n) is 7.16. The summed E-state index contributed by atoms with van der Waals surface area (Å²) in [4.78, 5) is 47.7. The lowest BCUT2D eigenvalue weighted by Gasteiger charge is -1.86. The number of nitrogens with one attached hydrogen (secondary N) is 1. The molecule has 0 spiro atoms. The van der Waals surface area contributed by atoms with Crippen LogP contribution in [0.2, 0.25) is 0 Å². The fourth-order valence-corrected chi connectivity index (χ4v) is 6.65. The van der Waals surface area contributed by atoms with Crippen LogP contribution >= 0.6 is 45.3 Å². The fourth-order valence-electron chi connectivity index (χ4n) is 3.99. The first kappa shape index (κ1) is 55.5. The molecule has 0 radical (unpaired) electrons. The molecule has 0 aliphatic heterocycles. The van der Waals surface area contributed by atoms with Crippen molar-refractivity contribution in [3.63, 3.8) is 0 Å². The van der Waals surface area contributed by atoms with Gasteiger partial charge in [0.1, 0.15) is 11.5 Å². The average molecular weight is 942 g/mol. The Labute approximate surface area is 397 Å². The van der Waals surface area contributed by atoms with Gasteiger partial charge in [0.2, 0.25) is 0 Å². The minimum absolute atomic E-state index is 0.0444. The lowest BCUT2D eigenvalue weighted by Crippen LogP contribution is -1.91. The van der Waals surface area contributed by atoms with E-state index in [1.807, 2.05) is 95.9 Å². The molecular weight excluding hydrogens is 891 g/mol. The van der Waals surface area contributed by atoms with E-state index in [9.17, 15) is 19.2 Å². The van der Waals surface area contributed by atoms with Gasteiger partial charge in [0.15, 0.2) is 30.4 Å². The van der Waals surface area contributed by atoms with Crippen molar-refractivity contribution in [1.29, 1.82) is 0 Å². The first-order valence-electron chi connectivity index (χ1n) is 19.1. The molecule has 0 unspecified atom stereocenters. The van der Waals surface area contributed by atoms with Crippen molar-refractivity contribution in [2.45, 2.75) is 6.92 Å². The van der Waals surface area contributed by atoms with Gasteiger partial charge < -0.3 is 18.2 Å². The zero-order valence-corrected chi connectivity index (χ0v) is 39.3. The van der Waals surface area contributed by atoms with E-state index in [2.05, 4.69) is 56.4 Å². The molecule has 334 valence electrons. The standard InChI is InChI=1S/C8H8O.C7H6O2S.C7H6O2.C7H6OS.C6H7N.C6H6O.2C6H6S/c1-2-3-5-8-6-4-7-9-8;1-5(9)7-6(4-8)2-3-10-7;2*1-2-6-3-4-7(5-8)9-6;1-2-6-4-3-5-7-6;2*1-2-6-3-4-7-5-6;1-2-6-4-3-5-7-6/h2-7H,1H2;2-4H,1H3;2*2-5H,1H2;2-5,7H,1H2;3*2-5H,1H2/b5-3+;;;;;;;. The number of aromatic nitrogens is 1. The van der Waals surface area contributed by atoms with Gasteiger partial charge in [-0.05, 0) is 125 Å². The number of aromatic amines is 1. The van der Waals surface area contributed by atoms with Gasteiger partial charge >= 0.3 is 0 Å². The molecule has 0 atom stereocenters. The lowest BCUT2D eigenvalue weighted by molar-refractivity contribution is 0.101. The molecule has 8 nitrogen and oxygen atoms in total. The fraction of sp³-hybridized carbons (Fsp3) is 0.0189. The Kier molecular flexibility index (Phi) is 30.8. The average Bonchev–Trinajstić information content (AvgIpc) is 4.20. The van der Waals surface area contributed by atoms with Crippen LogP contribution < -0.4 is 0 Å². The highest BCUT2D eigenvalue weighted by atomic mass is 32.1. The number of furan rings is 3. The molecule has 0 aliphatic rings. The van der Waals surface area contributed by atoms with Crippen LogP contribution in [-0.4, -0.2) is 29.6 Å². The van der Waals surface area contributed by atoms with Crippen LogP contribution in [0.1, 0.15) is 85.3 Å². The molecule has 1 N–H and O–H groups in total. The maximum absolute atomic E-state index is 10.7. The van der Waals surface area contributed by atoms with E-state index in [1.165, 1.54) is 40.0 Å². The molecule has 65 heavy (non-hydrogen) atoms. The van der Waals surface area contributed by atoms with Crippen molar-refractivity contribution in [2.75, 3.05) is 0 Å². The maximum Gasteiger partial charge on any atom is 0.185 e. The molecule has 0 fully saturated rings. The second-order valence-electron chi connectivity index (χ2n) is 11.7. The van der Waals surface area contributed by atoms with Crippen molar-refractivity contribution in [2.24, 2.45) is 0 Å². The number of Topliss-reactive ketones (excluding diaryl/α,β-unsaturated/α-hetero) is 1. The van der Waals surface area contributed by atoms with Crippen molar-refractivity contribution < 1.29 is 32.4 Å². The Morgan fingerprint density at radius 1 is 0.615 bits per heavy atom. The highest BCUT2D eigenvalue weighted by Crippen LogP contribution is 2.16. The third-order valence-corrected chi connectivity index (χ3v) is 10.8. The van der Waals surface area contributed by atoms with E-state index in [0.717, 1.165) is 33.1 Å². The number of hydrogen-bond acceptors (Lipinski definition) is 11. The summed E-state index contributed by atoms with van der Waals surface area (Å²) in [5.74, 6) is 1.77. The van der Waals surface area contributed by atoms with Gasteiger partial charge in [0.25, 0.3) is 0 Å². The minimum atomic E-state index is -0.0444. The minimum Gasteiger partial charge on any atom is -0.472 e. The van der Waals surface area contributed by atoms with Gasteiger partial charge in [-0.1, -0.05) is 88.6 Å². The number of rotatable bonds is 12. The summed E-state index contributed by atoms with van der Waals surface area (Å²) in [5.41, 5.74) is 3.81. The van der Waals surface area contributed by atoms with E-state index >= 15 is 0 Å². The van der Waals surface area contributed by atoms with E-state index in [-0.39, 0.29) is 5.78 Å². The Morgan fingerprint density at radius 2 is 1.37 bits per heavy atom. The maximum atomic E-state index is 10.7. The van der Waals surface area contributed by atoms with Crippen molar-refractivity contribution in [1.82, 2.24) is 4.98 Å². The second kappa shape index (κ2) is 36.0. The number of H-pyrrole nitrogens is 1. The highest BCUT2D eigenvalue weighted by Gasteiger charge is 2.06. The van der Waals surface area contributed by atoms with Crippen molar-refractivity contribution in [3.8, 4) is 0 Å². The molecule has 12 heteroatoms. The van der Waals surface area contributed by atoms with Gasteiger partial charge in [0.05, 0.1) is 28.5 Å². The number of thiophene rings is 4. The SMILES string of the molecule is C=C/C=C/c1ccco1.C=Cc1ccc(C=O)o1.C=Cc1ccc(C=O)s1.C=Cc1ccc[nH]1.C=Cc1cccs1.C=Cc1ccoc1.C=Cc1ccsc1.CC(=O)c1sccc1C=O. The van der Waals surface area contributed by atoms with E-state index in [0.29, 0.717) is 34.5 Å². The number of allylic oxidation sites excluding steroid dienone is 2. The quantitative estimate of drug-likeness (QED) is 0.0735. The zero-order valence-electron chi connectivity index (χ0n) is 36.0. The second-order valence-corrected chi connectivity index (χ2v) is 15.5. The van der Waals surface area contributed by atoms with Crippen LogP contribution in [0, 0.1) is 0 Å². The van der Waals surface area contributed by atoms with E-state index < -0.39 is 0 Å². The summed E-state index contributed by atoms with van der Waals surface area (Å²) in [6, 6.07) is 24.2. The molecule has 8 rings (SSSR count). The number of ketones is 1. The first-order valence-corrected chi connectivity index (χ1v) is 22.6. The molecule has 0 aliphatic carbocycles. The molecule has 0 saturated carbocycles. The summed E-state index contributed by atoms with van der Waals surface area (Å²) < 4.78 is 14.6. The van der Waals surface area contributed by atoms with Crippen LogP contribution in [0.3, 0.4) is 0 Å². The van der Waals surface area contributed by atoms with Crippen LogP contribution in [0.4, 0.5) is 0 Å². The molecule has 8 heterocycles. The molecule has 0 saturated heterocycles. The number of hydrogen-bond donors (Lipinski definition) is 1. The smallest absolute Gasteiger partial charge is 0.185 e. The van der Waals surface area contributed by atoms with Crippen LogP contribution in [-0.2, 0) is 0 Å². The van der Waals surface area contributed by atoms with E-state index in [1.54, 1.807) is 101 Å². The van der Waals surface area contributed by atoms with Gasteiger partial charge in [-0.2, -0.15) is 11.3 Å². The first-order chi connectivity index (χ1) is 31.6. The van der Waals surface area contributed by atoms with Gasteiger partial charge in [-0.3, -0.25) is 19.2 Å². The highest BCUT2D eigenvalue weighted by molar-refractivity contribution is 7.14. The number of aldehydes is 3. The Hall–Kier alpha value is -7.48. The van der Waals surface area contributed by atoms with Gasteiger partial charge in [-0.25, -0.2) is 0 Å². The Morgan fingerprint density at radius 3 is 1.72 bits per heavy atom. The lowest BCUT2D eigenvalue weighted by atomic mass is 10.2. The normalized spacial score (nSPS) is 9.00. The summed E-state index contributed by atoms with van der Waals surface area (Å²) in [6.45, 7) is 26.4. The summed E-state index contributed by atoms with van der Waals surface area (Å²) in [6.07, 6.45) is 24.9. The van der Waals surface area contributed by atoms with Crippen LogP contribution in [0.25, 0.3) is 42.5 Å². The third kappa shape index (κ3) is 25.3. The summed E-state index contributed by atoms with van der Waals surface area (Å²) in [7, 11) is 0. The van der Waals surface area contributed by atoms with Crippen LogP contribution in [0.5, 0.6) is 0 Å². The summed E-state index contributed by atoms with van der Waals surface area (Å²) in [5, 5.41) is 7.88. The van der Waals surface area contributed by atoms with E-state index in [4.69, 9.17) is 13.3 Å². The van der Waals surface area contributed by atoms with Gasteiger partial charge in [0, 0.05) is 32.8 Å².